The molecule has 1 aromatic carbocycles. The first-order valence-electron chi connectivity index (χ1n) is 10.4. The molecule has 3 N–H and O–H groups in total. The molecule has 7 heteroatoms. The van der Waals surface area contributed by atoms with E-state index in [0.29, 0.717) is 6.42 Å². The Balaban J connectivity index is 1.90. The van der Waals surface area contributed by atoms with E-state index in [-0.39, 0.29) is 30.6 Å². The third-order valence-corrected chi connectivity index (χ3v) is 5.35. The Labute approximate surface area is 175 Å². The minimum Gasteiger partial charge on any atom is -0.491 e. The fourth-order valence-corrected chi connectivity index (χ4v) is 3.66. The minimum atomic E-state index is -4.46. The number of ether oxygens (including phenoxy) is 1. The van der Waals surface area contributed by atoms with Gasteiger partial charge in [0.15, 0.2) is 0 Å². The highest BCUT2D eigenvalue weighted by atomic mass is 19.4. The lowest BCUT2D eigenvalue weighted by Gasteiger charge is -2.19. The standard InChI is InChI=1S/C23H31F3O4/c1-2-3-4-5-6-10-19-20(22(29)14-21(19)28)12-11-17(27)15-30-18-9-7-8-16(13-18)23(24,25)26/h5-9,11-13,17,19-22,27-29H,2-4,10,14-15H2,1H3/b6-5-,12-11+. The van der Waals surface area contributed by atoms with Gasteiger partial charge in [-0.05, 0) is 37.0 Å². The molecule has 0 aliphatic heterocycles. The van der Waals surface area contributed by atoms with Gasteiger partial charge in [-0.1, -0.05) is 50.1 Å². The van der Waals surface area contributed by atoms with Crippen LogP contribution < -0.4 is 4.74 Å². The number of aliphatic hydroxyl groups excluding tert-OH is 3. The van der Waals surface area contributed by atoms with Crippen LogP contribution in [0.15, 0.2) is 48.6 Å². The molecule has 30 heavy (non-hydrogen) atoms. The molecule has 1 aliphatic rings. The van der Waals surface area contributed by atoms with E-state index >= 15 is 0 Å². The maximum atomic E-state index is 12.7. The quantitative estimate of drug-likeness (QED) is 0.379. The molecule has 0 aromatic heterocycles. The summed E-state index contributed by atoms with van der Waals surface area (Å²) in [4.78, 5) is 0. The molecule has 5 unspecified atom stereocenters. The van der Waals surface area contributed by atoms with E-state index in [4.69, 9.17) is 4.74 Å². The van der Waals surface area contributed by atoms with Crippen molar-refractivity contribution in [3.63, 3.8) is 0 Å². The second-order valence-electron chi connectivity index (χ2n) is 7.75. The Kier molecular flexibility index (Phi) is 9.39. The first-order chi connectivity index (χ1) is 14.2. The lowest BCUT2D eigenvalue weighted by molar-refractivity contribution is -0.137. The Morgan fingerprint density at radius 3 is 2.67 bits per heavy atom. The van der Waals surface area contributed by atoms with Gasteiger partial charge in [0.1, 0.15) is 18.5 Å². The van der Waals surface area contributed by atoms with E-state index in [1.54, 1.807) is 6.08 Å². The van der Waals surface area contributed by atoms with Crippen molar-refractivity contribution in [2.75, 3.05) is 6.61 Å². The molecule has 0 spiro atoms. The molecule has 0 amide bonds. The first kappa shape index (κ1) is 24.4. The van der Waals surface area contributed by atoms with Crippen molar-refractivity contribution >= 4 is 0 Å². The predicted octanol–water partition coefficient (Wildman–Crippen LogP) is 4.50. The summed E-state index contributed by atoms with van der Waals surface area (Å²) < 4.78 is 43.5. The van der Waals surface area contributed by atoms with Gasteiger partial charge in [-0.3, -0.25) is 0 Å². The van der Waals surface area contributed by atoms with Crippen LogP contribution in [-0.2, 0) is 6.18 Å². The van der Waals surface area contributed by atoms with E-state index in [1.807, 2.05) is 6.08 Å². The van der Waals surface area contributed by atoms with E-state index in [2.05, 4.69) is 13.0 Å². The summed E-state index contributed by atoms with van der Waals surface area (Å²) in [5.41, 5.74) is -0.817. The number of rotatable bonds is 10. The predicted molar refractivity (Wildman–Crippen MR) is 109 cm³/mol. The smallest absolute Gasteiger partial charge is 0.416 e. The number of aliphatic hydroxyl groups is 3. The van der Waals surface area contributed by atoms with E-state index in [9.17, 15) is 28.5 Å². The second-order valence-corrected chi connectivity index (χ2v) is 7.75. The zero-order valence-corrected chi connectivity index (χ0v) is 17.1. The number of allylic oxidation sites excluding steroid dienone is 2. The average Bonchev–Trinajstić information content (AvgIpc) is 2.96. The molecule has 1 saturated carbocycles. The summed E-state index contributed by atoms with van der Waals surface area (Å²) in [5.74, 6) is -0.437. The lowest BCUT2D eigenvalue weighted by Crippen LogP contribution is -2.21. The monoisotopic (exact) mass is 428 g/mol. The molecular weight excluding hydrogens is 397 g/mol. The van der Waals surface area contributed by atoms with Crippen LogP contribution in [0.4, 0.5) is 13.2 Å². The van der Waals surface area contributed by atoms with Crippen LogP contribution in [-0.4, -0.2) is 40.2 Å². The molecule has 2 rings (SSSR count). The van der Waals surface area contributed by atoms with Crippen LogP contribution in [0.5, 0.6) is 5.75 Å². The number of benzene rings is 1. The van der Waals surface area contributed by atoms with Gasteiger partial charge in [0.2, 0.25) is 0 Å². The second kappa shape index (κ2) is 11.5. The lowest BCUT2D eigenvalue weighted by atomic mass is 9.89. The van der Waals surface area contributed by atoms with Crippen molar-refractivity contribution in [2.45, 2.75) is 63.5 Å². The zero-order chi connectivity index (χ0) is 22.1. The molecule has 5 atom stereocenters. The Hall–Kier alpha value is -1.83. The minimum absolute atomic E-state index is 0.0173. The van der Waals surface area contributed by atoms with E-state index in [1.165, 1.54) is 18.2 Å². The van der Waals surface area contributed by atoms with Crippen molar-refractivity contribution in [2.24, 2.45) is 11.8 Å². The highest BCUT2D eigenvalue weighted by Crippen LogP contribution is 2.36. The van der Waals surface area contributed by atoms with Crippen molar-refractivity contribution in [3.05, 3.63) is 54.1 Å². The number of halogens is 3. The molecule has 0 saturated heterocycles. The summed E-state index contributed by atoms with van der Waals surface area (Å²) in [6, 6.07) is 4.47. The van der Waals surface area contributed by atoms with Crippen molar-refractivity contribution in [3.8, 4) is 5.75 Å². The molecule has 0 radical (unpaired) electrons. The van der Waals surface area contributed by atoms with Crippen molar-refractivity contribution in [1.29, 1.82) is 0 Å². The van der Waals surface area contributed by atoms with Gasteiger partial charge in [0.05, 0.1) is 17.8 Å². The maximum Gasteiger partial charge on any atom is 0.416 e. The fraction of sp³-hybridized carbons (Fsp3) is 0.565. The number of unbranched alkanes of at least 4 members (excludes halogenated alkanes) is 2. The Morgan fingerprint density at radius 1 is 1.20 bits per heavy atom. The van der Waals surface area contributed by atoms with Crippen LogP contribution in [0.25, 0.3) is 0 Å². The van der Waals surface area contributed by atoms with Crippen LogP contribution in [0, 0.1) is 11.8 Å². The normalized spacial score (nSPS) is 26.0. The summed E-state index contributed by atoms with van der Waals surface area (Å²) >= 11 is 0. The maximum absolute atomic E-state index is 12.7. The van der Waals surface area contributed by atoms with Crippen LogP contribution in [0.3, 0.4) is 0 Å². The third kappa shape index (κ3) is 7.45. The van der Waals surface area contributed by atoms with Crippen LogP contribution in [0.1, 0.15) is 44.6 Å². The highest BCUT2D eigenvalue weighted by molar-refractivity contribution is 5.30. The van der Waals surface area contributed by atoms with E-state index in [0.717, 1.165) is 31.4 Å². The number of alkyl halides is 3. The molecule has 1 aliphatic carbocycles. The van der Waals surface area contributed by atoms with Crippen LogP contribution in [0.2, 0.25) is 0 Å². The molecular formula is C23H31F3O4. The topological polar surface area (TPSA) is 69.9 Å². The number of hydrogen-bond donors (Lipinski definition) is 3. The van der Waals surface area contributed by atoms with Gasteiger partial charge in [0, 0.05) is 12.3 Å². The molecule has 4 nitrogen and oxygen atoms in total. The molecule has 0 bridgehead atoms. The summed E-state index contributed by atoms with van der Waals surface area (Å²) in [6.07, 6.45) is 4.51. The summed E-state index contributed by atoms with van der Waals surface area (Å²) in [7, 11) is 0. The van der Waals surface area contributed by atoms with Gasteiger partial charge < -0.3 is 20.1 Å². The van der Waals surface area contributed by atoms with Gasteiger partial charge >= 0.3 is 6.18 Å². The highest BCUT2D eigenvalue weighted by Gasteiger charge is 2.39. The summed E-state index contributed by atoms with van der Waals surface area (Å²) in [5, 5.41) is 30.6. The largest absolute Gasteiger partial charge is 0.491 e. The van der Waals surface area contributed by atoms with Gasteiger partial charge in [-0.2, -0.15) is 13.2 Å². The van der Waals surface area contributed by atoms with E-state index < -0.39 is 30.1 Å². The molecule has 0 heterocycles. The fourth-order valence-electron chi connectivity index (χ4n) is 3.66. The first-order valence-corrected chi connectivity index (χ1v) is 10.4. The Morgan fingerprint density at radius 2 is 1.97 bits per heavy atom. The van der Waals surface area contributed by atoms with Crippen molar-refractivity contribution in [1.82, 2.24) is 0 Å². The molecule has 168 valence electrons. The SMILES string of the molecule is CCCC/C=C\CC1C(O)CC(O)C1/C=C/C(O)COc1cccc(C(F)(F)F)c1. The molecule has 1 fully saturated rings. The molecule has 1 aromatic rings. The average molecular weight is 428 g/mol. The van der Waals surface area contributed by atoms with Crippen molar-refractivity contribution < 1.29 is 33.2 Å². The summed E-state index contributed by atoms with van der Waals surface area (Å²) in [6.45, 7) is 1.90. The zero-order valence-electron chi connectivity index (χ0n) is 17.1. The third-order valence-electron chi connectivity index (χ3n) is 5.35. The Bertz CT molecular complexity index is 702. The number of hydrogen-bond acceptors (Lipinski definition) is 4. The van der Waals surface area contributed by atoms with Gasteiger partial charge in [-0.25, -0.2) is 0 Å². The van der Waals surface area contributed by atoms with Crippen LogP contribution >= 0.6 is 0 Å². The van der Waals surface area contributed by atoms with Gasteiger partial charge in [-0.15, -0.1) is 0 Å². The van der Waals surface area contributed by atoms with Gasteiger partial charge in [0.25, 0.3) is 0 Å².